The molecule has 3 aromatic rings. The number of thiazole rings is 1. The Morgan fingerprint density at radius 2 is 1.34 bits per heavy atom. The maximum atomic E-state index is 10.6. The van der Waals surface area contributed by atoms with E-state index in [1.807, 2.05) is 30.9 Å². The summed E-state index contributed by atoms with van der Waals surface area (Å²) in [5.74, 6) is -8.27. The van der Waals surface area contributed by atoms with Crippen LogP contribution in [0.4, 0.5) is 45.2 Å². The number of carbonyl (C=O) groups is 3. The molecule has 47 heavy (non-hydrogen) atoms. The summed E-state index contributed by atoms with van der Waals surface area (Å²) in [5.41, 5.74) is 3.94. The molecular formula is C26H24F9N5O6S. The smallest absolute Gasteiger partial charge is 0.475 e. The number of fused-ring (bicyclic) bond motifs is 2. The van der Waals surface area contributed by atoms with Crippen molar-refractivity contribution in [2.24, 2.45) is 0 Å². The second kappa shape index (κ2) is 15.8. The lowest BCUT2D eigenvalue weighted by molar-refractivity contribution is -0.193. The summed E-state index contributed by atoms with van der Waals surface area (Å²) in [7, 11) is 0. The minimum atomic E-state index is -5.08. The van der Waals surface area contributed by atoms with E-state index in [9.17, 15) is 39.5 Å². The molecule has 1 fully saturated rings. The number of halogens is 9. The van der Waals surface area contributed by atoms with Gasteiger partial charge < -0.3 is 20.2 Å². The van der Waals surface area contributed by atoms with Gasteiger partial charge in [0.05, 0.1) is 17.9 Å². The number of hydrogen-bond acceptors (Lipinski definition) is 9. The highest BCUT2D eigenvalue weighted by Gasteiger charge is 2.48. The lowest BCUT2D eigenvalue weighted by atomic mass is 9.85. The van der Waals surface area contributed by atoms with E-state index < -0.39 is 36.4 Å². The molecular weight excluding hydrogens is 681 g/mol. The number of anilines is 1. The van der Waals surface area contributed by atoms with Gasteiger partial charge in [0.15, 0.2) is 0 Å². The van der Waals surface area contributed by atoms with E-state index in [-0.39, 0.29) is 5.41 Å². The zero-order valence-corrected chi connectivity index (χ0v) is 24.4. The lowest BCUT2D eigenvalue weighted by Gasteiger charge is -2.25. The average molecular weight is 706 g/mol. The Morgan fingerprint density at radius 1 is 0.787 bits per heavy atom. The van der Waals surface area contributed by atoms with Gasteiger partial charge in [0.25, 0.3) is 0 Å². The highest BCUT2D eigenvalue weighted by molar-refractivity contribution is 7.09. The molecule has 2 aliphatic rings. The lowest BCUT2D eigenvalue weighted by Crippen LogP contribution is -2.36. The largest absolute Gasteiger partial charge is 0.490 e. The fourth-order valence-electron chi connectivity index (χ4n) is 4.38. The zero-order valence-electron chi connectivity index (χ0n) is 23.6. The van der Waals surface area contributed by atoms with Crippen molar-refractivity contribution in [2.45, 2.75) is 43.5 Å². The minimum absolute atomic E-state index is 0.135. The van der Waals surface area contributed by atoms with Crippen molar-refractivity contribution in [3.8, 4) is 0 Å². The van der Waals surface area contributed by atoms with Gasteiger partial charge in [0, 0.05) is 55.2 Å². The Bertz CT molecular complexity index is 1420. The first-order valence-corrected chi connectivity index (χ1v) is 13.6. The van der Waals surface area contributed by atoms with Crippen LogP contribution in [0.3, 0.4) is 0 Å². The predicted molar refractivity (Wildman–Crippen MR) is 144 cm³/mol. The third kappa shape index (κ3) is 12.0. The molecule has 0 bridgehead atoms. The van der Waals surface area contributed by atoms with Crippen molar-refractivity contribution < 1.29 is 69.2 Å². The molecule has 1 atom stereocenters. The van der Waals surface area contributed by atoms with Crippen LogP contribution in [-0.4, -0.2) is 91.2 Å². The Labute approximate surface area is 262 Å². The number of rotatable bonds is 4. The molecule has 5 heterocycles. The van der Waals surface area contributed by atoms with E-state index in [1.165, 1.54) is 22.0 Å². The third-order valence-electron chi connectivity index (χ3n) is 6.22. The molecule has 3 aromatic heterocycles. The van der Waals surface area contributed by atoms with Crippen molar-refractivity contribution in [1.29, 1.82) is 0 Å². The molecule has 2 aliphatic heterocycles. The Morgan fingerprint density at radius 3 is 1.81 bits per heavy atom. The number of pyridine rings is 2. The molecule has 11 nitrogen and oxygen atoms in total. The van der Waals surface area contributed by atoms with Gasteiger partial charge in [-0.15, -0.1) is 11.3 Å². The van der Waals surface area contributed by atoms with Crippen molar-refractivity contribution >= 4 is 34.9 Å². The van der Waals surface area contributed by atoms with E-state index in [4.69, 9.17) is 34.7 Å². The summed E-state index contributed by atoms with van der Waals surface area (Å²) in [4.78, 5) is 45.2. The van der Waals surface area contributed by atoms with Gasteiger partial charge in [-0.3, -0.25) is 14.9 Å². The fourth-order valence-corrected chi connectivity index (χ4v) is 5.03. The zero-order chi connectivity index (χ0) is 35.6. The average Bonchev–Trinajstić information content (AvgIpc) is 3.70. The fraction of sp³-hybridized carbons (Fsp3) is 0.385. The van der Waals surface area contributed by atoms with Crippen molar-refractivity contribution in [1.82, 2.24) is 19.9 Å². The van der Waals surface area contributed by atoms with Crippen LogP contribution in [0.1, 0.15) is 22.7 Å². The maximum Gasteiger partial charge on any atom is 0.490 e. The number of nitrogens with zero attached hydrogens (tertiary/aromatic N) is 5. The van der Waals surface area contributed by atoms with Crippen LogP contribution in [-0.2, 0) is 32.9 Å². The van der Waals surface area contributed by atoms with Crippen molar-refractivity contribution in [2.75, 3.05) is 24.5 Å². The molecule has 258 valence electrons. The number of hydrogen-bond donors (Lipinski definition) is 3. The summed E-state index contributed by atoms with van der Waals surface area (Å²) in [6, 6.07) is 8.43. The van der Waals surface area contributed by atoms with E-state index in [2.05, 4.69) is 43.3 Å². The van der Waals surface area contributed by atoms with Gasteiger partial charge in [-0.05, 0) is 36.7 Å². The van der Waals surface area contributed by atoms with E-state index in [0.717, 1.165) is 39.1 Å². The Balaban J connectivity index is 0.000000301. The Hall–Kier alpha value is -4.53. The van der Waals surface area contributed by atoms with Gasteiger partial charge >= 0.3 is 36.4 Å². The van der Waals surface area contributed by atoms with E-state index in [0.29, 0.717) is 0 Å². The minimum Gasteiger partial charge on any atom is -0.475 e. The standard InChI is InChI=1S/C20H21N5S.3C2HF3O2/c1-3-16(11-21-6-1)12-25-15-20(19-17(25)4-2-7-23-19)5-9-24(14-20)13-18-22-8-10-26-18;3*3-2(4,5)1(6)7/h1-4,6-8,10-11H,5,9,12-15H2;3*(H,6,7). The van der Waals surface area contributed by atoms with Crippen LogP contribution >= 0.6 is 11.3 Å². The topological polar surface area (TPSA) is 157 Å². The summed E-state index contributed by atoms with van der Waals surface area (Å²) in [6.45, 7) is 5.03. The van der Waals surface area contributed by atoms with Crippen molar-refractivity contribution in [3.05, 3.63) is 70.7 Å². The second-order valence-electron chi connectivity index (χ2n) is 9.66. The van der Waals surface area contributed by atoms with E-state index >= 15 is 0 Å². The van der Waals surface area contributed by atoms with Gasteiger partial charge in [-0.25, -0.2) is 19.4 Å². The number of likely N-dealkylation sites (tertiary alicyclic amines) is 1. The molecule has 1 spiro atoms. The predicted octanol–water partition coefficient (Wildman–Crippen LogP) is 5.00. The van der Waals surface area contributed by atoms with Crippen LogP contribution in [0.15, 0.2) is 54.4 Å². The number of carboxylic acids is 3. The molecule has 0 aromatic carbocycles. The van der Waals surface area contributed by atoms with Gasteiger partial charge in [0.2, 0.25) is 0 Å². The SMILES string of the molecule is O=C(O)C(F)(F)F.O=C(O)C(F)(F)F.O=C(O)C(F)(F)F.c1cncc(CN2CC3(CCN(Cc4nccs4)C3)c3ncccc32)c1. The molecule has 0 aliphatic carbocycles. The van der Waals surface area contributed by atoms with Crippen LogP contribution in [0.2, 0.25) is 0 Å². The number of carboxylic acid groups (broad SMARTS) is 3. The van der Waals surface area contributed by atoms with Gasteiger partial charge in [-0.1, -0.05) is 6.07 Å². The van der Waals surface area contributed by atoms with Gasteiger partial charge in [-0.2, -0.15) is 39.5 Å². The molecule has 1 saturated heterocycles. The van der Waals surface area contributed by atoms with Crippen LogP contribution in [0.5, 0.6) is 0 Å². The molecule has 0 saturated carbocycles. The molecule has 5 rings (SSSR count). The Kier molecular flexibility index (Phi) is 13.0. The molecule has 0 radical (unpaired) electrons. The second-order valence-corrected chi connectivity index (χ2v) is 10.6. The summed E-state index contributed by atoms with van der Waals surface area (Å²) < 4.78 is 95.2. The first kappa shape index (κ1) is 38.7. The summed E-state index contributed by atoms with van der Waals surface area (Å²) in [5, 5.41) is 24.6. The van der Waals surface area contributed by atoms with E-state index in [1.54, 1.807) is 11.3 Å². The molecule has 21 heteroatoms. The van der Waals surface area contributed by atoms with Crippen molar-refractivity contribution in [3.63, 3.8) is 0 Å². The number of alkyl halides is 9. The molecule has 1 unspecified atom stereocenters. The first-order valence-electron chi connectivity index (χ1n) is 12.8. The van der Waals surface area contributed by atoms with Crippen LogP contribution < -0.4 is 4.90 Å². The first-order chi connectivity index (χ1) is 21.7. The monoisotopic (exact) mass is 705 g/mol. The van der Waals surface area contributed by atoms with Gasteiger partial charge in [0.1, 0.15) is 5.01 Å². The highest BCUT2D eigenvalue weighted by atomic mass is 32.1. The number of aliphatic carboxylic acids is 3. The highest BCUT2D eigenvalue weighted by Crippen LogP contribution is 2.45. The van der Waals surface area contributed by atoms with Crippen LogP contribution in [0.25, 0.3) is 0 Å². The normalized spacial score (nSPS) is 17.3. The summed E-state index contributed by atoms with van der Waals surface area (Å²) >= 11 is 1.74. The summed E-state index contributed by atoms with van der Waals surface area (Å²) in [6.07, 6.45) is -6.46. The third-order valence-corrected chi connectivity index (χ3v) is 6.99. The molecule has 3 N–H and O–H groups in total. The maximum absolute atomic E-state index is 10.6. The number of aromatic nitrogens is 3. The quantitative estimate of drug-likeness (QED) is 0.314. The van der Waals surface area contributed by atoms with Crippen LogP contribution in [0, 0.1) is 0 Å². The molecule has 0 amide bonds.